The summed E-state index contributed by atoms with van der Waals surface area (Å²) >= 11 is 0. The van der Waals surface area contributed by atoms with Crippen molar-refractivity contribution in [3.05, 3.63) is 30.2 Å². The minimum atomic E-state index is -0.660. The number of carbonyl (C=O) groups is 1. The Balaban J connectivity index is 1.51. The van der Waals surface area contributed by atoms with Crippen LogP contribution in [0.5, 0.6) is 0 Å². The third-order valence-corrected chi connectivity index (χ3v) is 5.30. The molecule has 8 nitrogen and oxygen atoms in total. The number of hydrogen-bond donors (Lipinski definition) is 3. The van der Waals surface area contributed by atoms with Gasteiger partial charge in [-0.05, 0) is 44.8 Å². The van der Waals surface area contributed by atoms with Crippen LogP contribution in [0.2, 0.25) is 0 Å². The lowest BCUT2D eigenvalue weighted by atomic mass is 9.87. The van der Waals surface area contributed by atoms with Crippen molar-refractivity contribution in [1.29, 1.82) is 0 Å². The van der Waals surface area contributed by atoms with E-state index >= 15 is 0 Å². The molecular weight excluding hydrogens is 320 g/mol. The van der Waals surface area contributed by atoms with Crippen LogP contribution < -0.4 is 10.6 Å². The minimum absolute atomic E-state index is 0.0530. The zero-order valence-corrected chi connectivity index (χ0v) is 14.2. The maximum atomic E-state index is 13.1. The number of rotatable bonds is 4. The molecule has 2 aliphatic rings. The predicted octanol–water partition coefficient (Wildman–Crippen LogP) is 1.22. The summed E-state index contributed by atoms with van der Waals surface area (Å²) < 4.78 is 7.19. The molecule has 3 N–H and O–H groups in total. The summed E-state index contributed by atoms with van der Waals surface area (Å²) in [6.07, 6.45) is 6.96. The second-order valence-corrected chi connectivity index (χ2v) is 6.78. The highest BCUT2D eigenvalue weighted by atomic mass is 16.5. The van der Waals surface area contributed by atoms with E-state index in [1.54, 1.807) is 10.9 Å². The van der Waals surface area contributed by atoms with Crippen LogP contribution in [0.4, 0.5) is 5.82 Å². The van der Waals surface area contributed by atoms with Gasteiger partial charge in [-0.25, -0.2) is 0 Å². The molecule has 8 heteroatoms. The van der Waals surface area contributed by atoms with Crippen LogP contribution >= 0.6 is 0 Å². The molecule has 0 bridgehead atoms. The lowest BCUT2D eigenvalue weighted by molar-refractivity contribution is -0.126. The van der Waals surface area contributed by atoms with E-state index in [2.05, 4.69) is 25.9 Å². The number of aromatic amines is 1. The molecule has 2 aliphatic heterocycles. The van der Waals surface area contributed by atoms with Gasteiger partial charge in [0.2, 0.25) is 0 Å². The fourth-order valence-electron chi connectivity index (χ4n) is 3.77. The third kappa shape index (κ3) is 3.19. The average Bonchev–Trinajstić information content (AvgIpc) is 3.35. The van der Waals surface area contributed by atoms with Gasteiger partial charge in [-0.2, -0.15) is 10.2 Å². The van der Waals surface area contributed by atoms with Gasteiger partial charge in [-0.1, -0.05) is 0 Å². The number of piperidine rings is 1. The number of aromatic nitrogens is 4. The Bertz CT molecular complexity index is 699. The van der Waals surface area contributed by atoms with Crippen molar-refractivity contribution in [3.8, 4) is 0 Å². The van der Waals surface area contributed by atoms with Gasteiger partial charge in [0.25, 0.3) is 5.91 Å². The first-order valence-corrected chi connectivity index (χ1v) is 8.93. The zero-order chi connectivity index (χ0) is 17.1. The van der Waals surface area contributed by atoms with Crippen molar-refractivity contribution in [3.63, 3.8) is 0 Å². The van der Waals surface area contributed by atoms with Crippen LogP contribution in [-0.4, -0.2) is 52.2 Å². The van der Waals surface area contributed by atoms with Crippen LogP contribution in [0, 0.1) is 0 Å². The minimum Gasteiger partial charge on any atom is -0.381 e. The molecule has 0 atom stereocenters. The summed E-state index contributed by atoms with van der Waals surface area (Å²) in [4.78, 5) is 13.1. The molecule has 0 saturated carbocycles. The quantitative estimate of drug-likeness (QED) is 0.775. The summed E-state index contributed by atoms with van der Waals surface area (Å²) in [7, 11) is 0. The number of anilines is 1. The topological polar surface area (TPSA) is 96.9 Å². The Morgan fingerprint density at radius 2 is 2.12 bits per heavy atom. The van der Waals surface area contributed by atoms with Crippen LogP contribution in [0.25, 0.3) is 0 Å². The highest BCUT2D eigenvalue weighted by Crippen LogP contribution is 2.30. The second kappa shape index (κ2) is 6.97. The van der Waals surface area contributed by atoms with Crippen molar-refractivity contribution in [1.82, 2.24) is 25.3 Å². The molecule has 1 amide bonds. The van der Waals surface area contributed by atoms with Gasteiger partial charge in [0, 0.05) is 43.3 Å². The van der Waals surface area contributed by atoms with Crippen LogP contribution in [0.3, 0.4) is 0 Å². The van der Waals surface area contributed by atoms with Crippen LogP contribution in [0.1, 0.15) is 37.3 Å². The first-order valence-electron chi connectivity index (χ1n) is 8.93. The monoisotopic (exact) mass is 344 g/mol. The number of ether oxygens (including phenoxy) is 1. The van der Waals surface area contributed by atoms with E-state index in [0.29, 0.717) is 24.6 Å². The number of H-pyrrole nitrogens is 1. The van der Waals surface area contributed by atoms with E-state index in [1.807, 2.05) is 18.3 Å². The molecule has 25 heavy (non-hydrogen) atoms. The lowest BCUT2D eigenvalue weighted by Gasteiger charge is -2.36. The maximum Gasteiger partial charge on any atom is 0.253 e. The van der Waals surface area contributed by atoms with E-state index in [1.165, 1.54) is 0 Å². The Hall–Kier alpha value is -2.19. The summed E-state index contributed by atoms with van der Waals surface area (Å²) in [5.74, 6) is 0.949. The fourth-order valence-corrected chi connectivity index (χ4v) is 3.77. The summed E-state index contributed by atoms with van der Waals surface area (Å²) in [5.41, 5.74) is 0.407. The second-order valence-electron chi connectivity index (χ2n) is 6.78. The normalized spacial score (nSPS) is 21.1. The first kappa shape index (κ1) is 16.3. The smallest absolute Gasteiger partial charge is 0.253 e. The molecule has 2 fully saturated rings. The van der Waals surface area contributed by atoms with E-state index < -0.39 is 5.54 Å². The summed E-state index contributed by atoms with van der Waals surface area (Å²) in [6, 6.07) is 3.81. The molecule has 4 rings (SSSR count). The van der Waals surface area contributed by atoms with E-state index in [0.717, 1.165) is 44.8 Å². The SMILES string of the molecule is O=C(Nc1cc(C2CCOCC2)[nH]n1)C1(n2cccn2)CCNCC1. The lowest BCUT2D eigenvalue weighted by Crippen LogP contribution is -2.52. The van der Waals surface area contributed by atoms with Gasteiger partial charge < -0.3 is 15.4 Å². The van der Waals surface area contributed by atoms with Crippen molar-refractivity contribution in [2.75, 3.05) is 31.6 Å². The Morgan fingerprint density at radius 3 is 2.84 bits per heavy atom. The van der Waals surface area contributed by atoms with Crippen LogP contribution in [0.15, 0.2) is 24.5 Å². The molecule has 0 radical (unpaired) electrons. The van der Waals surface area contributed by atoms with Gasteiger partial charge in [0.05, 0.1) is 0 Å². The molecule has 134 valence electrons. The molecule has 0 spiro atoms. The van der Waals surface area contributed by atoms with Crippen molar-refractivity contribution in [2.45, 2.75) is 37.1 Å². The molecule has 0 aromatic carbocycles. The van der Waals surface area contributed by atoms with Gasteiger partial charge in [-0.3, -0.25) is 14.6 Å². The molecule has 0 unspecified atom stereocenters. The zero-order valence-electron chi connectivity index (χ0n) is 14.2. The number of nitrogens with one attached hydrogen (secondary N) is 3. The average molecular weight is 344 g/mol. The highest BCUT2D eigenvalue weighted by Gasteiger charge is 2.42. The number of nitrogens with zero attached hydrogens (tertiary/aromatic N) is 3. The largest absolute Gasteiger partial charge is 0.381 e. The number of amides is 1. The standard InChI is InChI=1S/C17H24N6O2/c24-16(17(4-7-18-8-5-17)23-9-1-6-19-23)20-15-12-14(21-22-15)13-2-10-25-11-3-13/h1,6,9,12-13,18H,2-5,7-8,10-11H2,(H2,20,21,22,24). The number of carbonyl (C=O) groups excluding carboxylic acids is 1. The Kier molecular flexibility index (Phi) is 4.54. The van der Waals surface area contributed by atoms with Crippen LogP contribution in [-0.2, 0) is 15.1 Å². The molecule has 2 aromatic heterocycles. The number of hydrogen-bond acceptors (Lipinski definition) is 5. The fraction of sp³-hybridized carbons (Fsp3) is 0.588. The highest BCUT2D eigenvalue weighted by molar-refractivity contribution is 5.96. The third-order valence-electron chi connectivity index (χ3n) is 5.30. The van der Waals surface area contributed by atoms with E-state index in [4.69, 9.17) is 4.74 Å². The molecule has 2 saturated heterocycles. The summed E-state index contributed by atoms with van der Waals surface area (Å²) in [5, 5.41) is 18.0. The van der Waals surface area contributed by atoms with Crippen molar-refractivity contribution in [2.24, 2.45) is 0 Å². The molecular formula is C17H24N6O2. The molecule has 0 aliphatic carbocycles. The molecule has 4 heterocycles. The maximum absolute atomic E-state index is 13.1. The van der Waals surface area contributed by atoms with Gasteiger partial charge in [-0.15, -0.1) is 0 Å². The molecule has 2 aromatic rings. The predicted molar refractivity (Wildman–Crippen MR) is 92.3 cm³/mol. The Morgan fingerprint density at radius 1 is 1.32 bits per heavy atom. The van der Waals surface area contributed by atoms with Gasteiger partial charge in [0.15, 0.2) is 5.82 Å². The van der Waals surface area contributed by atoms with E-state index in [-0.39, 0.29) is 5.91 Å². The van der Waals surface area contributed by atoms with Crippen molar-refractivity contribution < 1.29 is 9.53 Å². The van der Waals surface area contributed by atoms with E-state index in [9.17, 15) is 4.79 Å². The summed E-state index contributed by atoms with van der Waals surface area (Å²) in [6.45, 7) is 3.14. The Labute approximate surface area is 146 Å². The first-order chi connectivity index (χ1) is 12.3. The van der Waals surface area contributed by atoms with Gasteiger partial charge >= 0.3 is 0 Å². The van der Waals surface area contributed by atoms with Crippen molar-refractivity contribution >= 4 is 11.7 Å². The van der Waals surface area contributed by atoms with Gasteiger partial charge in [0.1, 0.15) is 5.54 Å².